The van der Waals surface area contributed by atoms with Gasteiger partial charge in [-0.05, 0) is 6.92 Å². The van der Waals surface area contributed by atoms with Crippen LogP contribution in [0.1, 0.15) is 17.7 Å². The van der Waals surface area contributed by atoms with Gasteiger partial charge in [-0.25, -0.2) is 21.6 Å². The third-order valence-corrected chi connectivity index (χ3v) is 3.15. The molecule has 1 aromatic heterocycles. The number of halogens is 4. The van der Waals surface area contributed by atoms with Crippen LogP contribution in [0.4, 0.5) is 13.2 Å². The van der Waals surface area contributed by atoms with Crippen molar-refractivity contribution >= 4 is 19.7 Å². The summed E-state index contributed by atoms with van der Waals surface area (Å²) in [5.74, 6) is -1.35. The first-order valence-electron chi connectivity index (χ1n) is 3.63. The summed E-state index contributed by atoms with van der Waals surface area (Å²) >= 11 is 0. The van der Waals surface area contributed by atoms with Crippen LogP contribution in [0.3, 0.4) is 0 Å². The molecule has 0 bridgehead atoms. The van der Waals surface area contributed by atoms with E-state index in [2.05, 4.69) is 4.98 Å². The Balaban J connectivity index is 3.48. The maximum atomic E-state index is 13.2. The average Bonchev–Trinajstić information content (AvgIpc) is 2.06. The van der Waals surface area contributed by atoms with E-state index in [0.29, 0.717) is 6.20 Å². The predicted octanol–water partition coefficient (Wildman–Crippen LogP) is 2.39. The molecule has 0 aliphatic carbocycles. The predicted molar refractivity (Wildman–Crippen MR) is 46.9 cm³/mol. The molecule has 1 rings (SSSR count). The highest BCUT2D eigenvalue weighted by Gasteiger charge is 2.23. The van der Waals surface area contributed by atoms with E-state index >= 15 is 0 Å². The van der Waals surface area contributed by atoms with Crippen LogP contribution in [0.5, 0.6) is 0 Å². The second-order valence-electron chi connectivity index (χ2n) is 2.69. The minimum Gasteiger partial charge on any atom is -0.251 e. The first kappa shape index (κ1) is 12.3. The normalized spacial score (nSPS) is 12.1. The lowest BCUT2D eigenvalue weighted by atomic mass is 10.2. The zero-order valence-corrected chi connectivity index (χ0v) is 8.91. The Kier molecular flexibility index (Phi) is 3.25. The van der Waals surface area contributed by atoms with E-state index in [1.165, 1.54) is 0 Å². The number of hydrogen-bond donors (Lipinski definition) is 0. The molecule has 1 heterocycles. The van der Waals surface area contributed by atoms with E-state index in [1.807, 2.05) is 0 Å². The van der Waals surface area contributed by atoms with Crippen LogP contribution in [0.25, 0.3) is 0 Å². The molecular weight excluding hydrogens is 255 g/mol. The first-order chi connectivity index (χ1) is 6.75. The number of rotatable bonds is 2. The molecule has 0 saturated carbocycles. The molecule has 8 heteroatoms. The van der Waals surface area contributed by atoms with Crippen LogP contribution in [-0.2, 0) is 9.05 Å². The maximum Gasteiger partial charge on any atom is 0.283 e. The fourth-order valence-corrected chi connectivity index (χ4v) is 2.08. The smallest absolute Gasteiger partial charge is 0.251 e. The van der Waals surface area contributed by atoms with Crippen molar-refractivity contribution in [3.05, 3.63) is 23.3 Å². The lowest BCUT2D eigenvalue weighted by molar-refractivity contribution is 0.140. The highest BCUT2D eigenvalue weighted by atomic mass is 35.7. The van der Waals surface area contributed by atoms with Gasteiger partial charge in [0.1, 0.15) is 10.6 Å². The van der Waals surface area contributed by atoms with Gasteiger partial charge in [-0.2, -0.15) is 0 Å². The topological polar surface area (TPSA) is 47.0 Å². The fraction of sp³-hybridized carbons (Fsp3) is 0.286. The zero-order valence-electron chi connectivity index (χ0n) is 7.34. The average molecular weight is 260 g/mol. The van der Waals surface area contributed by atoms with Crippen molar-refractivity contribution in [3.63, 3.8) is 0 Å². The van der Waals surface area contributed by atoms with Crippen LogP contribution in [0.15, 0.2) is 11.1 Å². The van der Waals surface area contributed by atoms with Crippen molar-refractivity contribution in [2.45, 2.75) is 18.2 Å². The summed E-state index contributed by atoms with van der Waals surface area (Å²) in [6.45, 7) is 1.04. The summed E-state index contributed by atoms with van der Waals surface area (Å²) in [4.78, 5) is 2.41. The third kappa shape index (κ3) is 2.40. The van der Waals surface area contributed by atoms with Crippen molar-refractivity contribution in [2.24, 2.45) is 0 Å². The van der Waals surface area contributed by atoms with Gasteiger partial charge in [-0.1, -0.05) is 0 Å². The summed E-state index contributed by atoms with van der Waals surface area (Å²) in [7, 11) is 0.772. The van der Waals surface area contributed by atoms with Crippen LogP contribution >= 0.6 is 10.7 Å². The SMILES string of the molecule is Cc1c(S(=O)(=O)Cl)cnc(C(F)F)c1F. The molecule has 0 spiro atoms. The lowest BCUT2D eigenvalue weighted by Gasteiger charge is -2.06. The molecule has 0 aromatic carbocycles. The molecule has 84 valence electrons. The maximum absolute atomic E-state index is 13.2. The Hall–Kier alpha value is -0.820. The number of aromatic nitrogens is 1. The van der Waals surface area contributed by atoms with Gasteiger partial charge in [0.15, 0.2) is 5.82 Å². The molecule has 0 amide bonds. The van der Waals surface area contributed by atoms with Gasteiger partial charge in [0.2, 0.25) is 0 Å². The highest BCUT2D eigenvalue weighted by Crippen LogP contribution is 2.27. The monoisotopic (exact) mass is 259 g/mol. The summed E-state index contributed by atoms with van der Waals surface area (Å²) in [6.07, 6.45) is -2.49. The van der Waals surface area contributed by atoms with E-state index in [9.17, 15) is 21.6 Å². The number of hydrogen-bond acceptors (Lipinski definition) is 3. The zero-order chi connectivity index (χ0) is 11.8. The van der Waals surface area contributed by atoms with Gasteiger partial charge in [-0.15, -0.1) is 0 Å². The van der Waals surface area contributed by atoms with E-state index in [-0.39, 0.29) is 0 Å². The number of nitrogens with zero attached hydrogens (tertiary/aromatic N) is 1. The Morgan fingerprint density at radius 1 is 1.47 bits per heavy atom. The molecule has 0 aliphatic rings. The summed E-state index contributed by atoms with van der Waals surface area (Å²) in [6, 6.07) is 0. The molecule has 0 aliphatic heterocycles. The Morgan fingerprint density at radius 3 is 2.40 bits per heavy atom. The van der Waals surface area contributed by atoms with Gasteiger partial charge < -0.3 is 0 Å². The van der Waals surface area contributed by atoms with Crippen LogP contribution in [0, 0.1) is 12.7 Å². The largest absolute Gasteiger partial charge is 0.283 e. The summed E-state index contributed by atoms with van der Waals surface area (Å²) < 4.78 is 59.2. The molecule has 0 atom stereocenters. The molecule has 0 radical (unpaired) electrons. The fourth-order valence-electron chi connectivity index (χ4n) is 0.980. The van der Waals surface area contributed by atoms with Gasteiger partial charge in [0.05, 0.1) is 0 Å². The molecule has 0 fully saturated rings. The summed E-state index contributed by atoms with van der Waals surface area (Å²) in [5, 5.41) is 0. The van der Waals surface area contributed by atoms with Gasteiger partial charge in [0, 0.05) is 22.4 Å². The van der Waals surface area contributed by atoms with Crippen molar-refractivity contribution < 1.29 is 21.6 Å². The van der Waals surface area contributed by atoms with E-state index in [1.54, 1.807) is 0 Å². The number of pyridine rings is 1. The van der Waals surface area contributed by atoms with E-state index in [0.717, 1.165) is 6.92 Å². The van der Waals surface area contributed by atoms with Crippen molar-refractivity contribution in [3.8, 4) is 0 Å². The Bertz CT molecular complexity index is 489. The van der Waals surface area contributed by atoms with E-state index < -0.39 is 37.4 Å². The van der Waals surface area contributed by atoms with Crippen LogP contribution in [-0.4, -0.2) is 13.4 Å². The van der Waals surface area contributed by atoms with Gasteiger partial charge in [0.25, 0.3) is 15.5 Å². The molecule has 3 nitrogen and oxygen atoms in total. The second kappa shape index (κ2) is 3.97. The Morgan fingerprint density at radius 2 is 2.00 bits per heavy atom. The summed E-state index contributed by atoms with van der Waals surface area (Å²) in [5.41, 5.74) is -1.55. The van der Waals surface area contributed by atoms with Crippen LogP contribution in [0.2, 0.25) is 0 Å². The first-order valence-corrected chi connectivity index (χ1v) is 5.94. The van der Waals surface area contributed by atoms with Crippen molar-refractivity contribution in [2.75, 3.05) is 0 Å². The highest BCUT2D eigenvalue weighted by molar-refractivity contribution is 8.13. The van der Waals surface area contributed by atoms with Crippen molar-refractivity contribution in [1.29, 1.82) is 0 Å². The minimum absolute atomic E-state index is 0.463. The molecule has 1 aromatic rings. The molecule has 0 N–H and O–H groups in total. The standard InChI is InChI=1S/C7H5ClF3NO2S/c1-3-4(15(8,13)14)2-12-6(5(3)9)7(10)11/h2,7H,1H3. The Labute approximate surface area is 88.3 Å². The molecule has 0 unspecified atom stereocenters. The van der Waals surface area contributed by atoms with E-state index in [4.69, 9.17) is 10.7 Å². The van der Waals surface area contributed by atoms with Gasteiger partial charge >= 0.3 is 0 Å². The van der Waals surface area contributed by atoms with Crippen molar-refractivity contribution in [1.82, 2.24) is 4.98 Å². The molecule has 0 saturated heterocycles. The third-order valence-electron chi connectivity index (χ3n) is 1.71. The minimum atomic E-state index is -4.17. The second-order valence-corrected chi connectivity index (χ2v) is 5.22. The molecule has 15 heavy (non-hydrogen) atoms. The molecular formula is C7H5ClF3NO2S. The number of alkyl halides is 2. The quantitative estimate of drug-likeness (QED) is 0.766. The van der Waals surface area contributed by atoms with Gasteiger partial charge in [-0.3, -0.25) is 4.98 Å². The van der Waals surface area contributed by atoms with Crippen LogP contribution < -0.4 is 0 Å². The lowest BCUT2D eigenvalue weighted by Crippen LogP contribution is -2.04.